The lowest BCUT2D eigenvalue weighted by Gasteiger charge is -2.08. The number of furan rings is 1. The van der Waals surface area contributed by atoms with Gasteiger partial charge >= 0.3 is 0 Å². The molecule has 0 saturated heterocycles. The molecule has 0 spiro atoms. The summed E-state index contributed by atoms with van der Waals surface area (Å²) in [6, 6.07) is 33.7. The summed E-state index contributed by atoms with van der Waals surface area (Å²) < 4.78 is 10.5. The van der Waals surface area contributed by atoms with Crippen molar-refractivity contribution in [3.05, 3.63) is 109 Å². The number of hydrogen-bond acceptors (Lipinski definition) is 3. The molecule has 164 valence electrons. The van der Waals surface area contributed by atoms with Crippen LogP contribution in [0, 0.1) is 0 Å². The van der Waals surface area contributed by atoms with Gasteiger partial charge in [-0.3, -0.25) is 14.0 Å². The fraction of sp³-hybridized carbons (Fsp3) is 0. The molecule has 0 aliphatic rings. The van der Waals surface area contributed by atoms with Gasteiger partial charge in [-0.15, -0.1) is 0 Å². The van der Waals surface area contributed by atoms with Crippen molar-refractivity contribution in [1.82, 2.24) is 18.9 Å². The highest BCUT2D eigenvalue weighted by Gasteiger charge is 2.17. The summed E-state index contributed by atoms with van der Waals surface area (Å²) in [6.45, 7) is 0. The van der Waals surface area contributed by atoms with Crippen LogP contribution in [0.1, 0.15) is 0 Å². The lowest BCUT2D eigenvalue weighted by molar-refractivity contribution is 0.669. The fourth-order valence-electron chi connectivity index (χ4n) is 5.24. The minimum Gasteiger partial charge on any atom is -0.456 e. The third kappa shape index (κ3) is 2.58. The molecule has 0 fully saturated rings. The van der Waals surface area contributed by atoms with Crippen molar-refractivity contribution in [2.75, 3.05) is 0 Å². The van der Waals surface area contributed by atoms with Crippen LogP contribution in [0.5, 0.6) is 0 Å². The van der Waals surface area contributed by atoms with Crippen molar-refractivity contribution < 1.29 is 4.42 Å². The molecule has 0 amide bonds. The summed E-state index contributed by atoms with van der Waals surface area (Å²) in [6.07, 6.45) is 3.64. The average Bonchev–Trinajstić information content (AvgIpc) is 3.57. The first-order valence-corrected chi connectivity index (χ1v) is 11.6. The van der Waals surface area contributed by atoms with E-state index in [9.17, 15) is 0 Å². The topological polar surface area (TPSA) is 48.3 Å². The molecule has 35 heavy (non-hydrogen) atoms. The highest BCUT2D eigenvalue weighted by atomic mass is 16.3. The van der Waals surface area contributed by atoms with Crippen LogP contribution in [0.4, 0.5) is 0 Å². The van der Waals surface area contributed by atoms with Gasteiger partial charge in [0.25, 0.3) is 0 Å². The lowest BCUT2D eigenvalue weighted by Crippen LogP contribution is -1.95. The first-order valence-electron chi connectivity index (χ1n) is 11.6. The summed E-state index contributed by atoms with van der Waals surface area (Å²) in [5.74, 6) is 0.877. The Morgan fingerprint density at radius 1 is 0.629 bits per heavy atom. The highest BCUT2D eigenvalue weighted by Crippen LogP contribution is 2.34. The molecule has 8 aromatic rings. The summed E-state index contributed by atoms with van der Waals surface area (Å²) in [4.78, 5) is 9.22. The van der Waals surface area contributed by atoms with Crippen LogP contribution in [0.15, 0.2) is 114 Å². The monoisotopic (exact) mass is 450 g/mol. The number of nitrogens with zero attached hydrogens (tertiary/aromatic N) is 4. The van der Waals surface area contributed by atoms with Gasteiger partial charge in [0.05, 0.1) is 22.7 Å². The normalized spacial score (nSPS) is 12.0. The Labute approximate surface area is 199 Å². The number of fused-ring (bicyclic) bond motifs is 8. The smallest absolute Gasteiger partial charge is 0.220 e. The Morgan fingerprint density at radius 2 is 1.46 bits per heavy atom. The lowest BCUT2D eigenvalue weighted by atomic mass is 10.0. The van der Waals surface area contributed by atoms with Crippen LogP contribution in [-0.4, -0.2) is 18.9 Å². The minimum absolute atomic E-state index is 0.877. The summed E-state index contributed by atoms with van der Waals surface area (Å²) in [7, 11) is 0. The van der Waals surface area contributed by atoms with Crippen molar-refractivity contribution in [3.63, 3.8) is 0 Å². The maximum Gasteiger partial charge on any atom is 0.220 e. The van der Waals surface area contributed by atoms with Gasteiger partial charge in [-0.05, 0) is 59.7 Å². The van der Waals surface area contributed by atoms with E-state index in [-0.39, 0.29) is 0 Å². The third-order valence-corrected chi connectivity index (χ3v) is 6.82. The van der Waals surface area contributed by atoms with Crippen LogP contribution in [-0.2, 0) is 0 Å². The standard InChI is InChI=1S/C30H18N4O/c1-4-11-28-22(8-1)23-17-20(12-13-29(23)35-28)19-6-5-7-21(16-19)33-26-9-2-3-10-27(26)34-25-14-15-31-18-24(25)32-30(33)34/h1-18H. The summed E-state index contributed by atoms with van der Waals surface area (Å²) in [5, 5.41) is 2.26. The molecule has 0 N–H and O–H groups in total. The molecule has 4 aromatic heterocycles. The number of pyridine rings is 1. The van der Waals surface area contributed by atoms with Crippen LogP contribution in [0.2, 0.25) is 0 Å². The van der Waals surface area contributed by atoms with Gasteiger partial charge in [0.1, 0.15) is 16.7 Å². The Bertz CT molecular complexity index is 2080. The highest BCUT2D eigenvalue weighted by molar-refractivity contribution is 6.06. The van der Waals surface area contributed by atoms with Crippen molar-refractivity contribution in [3.8, 4) is 16.8 Å². The molecule has 0 radical (unpaired) electrons. The molecule has 0 bridgehead atoms. The predicted octanol–water partition coefficient (Wildman–Crippen LogP) is 7.39. The van der Waals surface area contributed by atoms with Gasteiger partial charge in [-0.1, -0.05) is 48.5 Å². The Kier molecular flexibility index (Phi) is 3.60. The van der Waals surface area contributed by atoms with Gasteiger partial charge in [-0.2, -0.15) is 0 Å². The van der Waals surface area contributed by atoms with Gasteiger partial charge in [0.2, 0.25) is 5.78 Å². The van der Waals surface area contributed by atoms with E-state index in [1.807, 2.05) is 30.6 Å². The second-order valence-corrected chi connectivity index (χ2v) is 8.80. The average molecular weight is 451 g/mol. The second kappa shape index (κ2) is 6.81. The largest absolute Gasteiger partial charge is 0.456 e. The minimum atomic E-state index is 0.877. The molecule has 0 aliphatic heterocycles. The van der Waals surface area contributed by atoms with Crippen LogP contribution < -0.4 is 0 Å². The fourth-order valence-corrected chi connectivity index (χ4v) is 5.24. The molecule has 5 nitrogen and oxygen atoms in total. The molecular weight excluding hydrogens is 432 g/mol. The van der Waals surface area contributed by atoms with E-state index in [1.54, 1.807) is 0 Å². The van der Waals surface area contributed by atoms with Crippen molar-refractivity contribution >= 4 is 49.8 Å². The number of benzene rings is 4. The number of hydrogen-bond donors (Lipinski definition) is 0. The second-order valence-electron chi connectivity index (χ2n) is 8.80. The molecule has 5 heteroatoms. The van der Waals surface area contributed by atoms with E-state index in [0.29, 0.717) is 0 Å². The predicted molar refractivity (Wildman–Crippen MR) is 140 cm³/mol. The van der Waals surface area contributed by atoms with Crippen molar-refractivity contribution in [2.45, 2.75) is 0 Å². The molecule has 4 aromatic carbocycles. The van der Waals surface area contributed by atoms with Gasteiger partial charge < -0.3 is 4.42 Å². The molecule has 8 rings (SSSR count). The summed E-state index contributed by atoms with van der Waals surface area (Å²) >= 11 is 0. The number of aromatic nitrogens is 4. The van der Waals surface area contributed by atoms with Gasteiger partial charge in [0, 0.05) is 22.7 Å². The first kappa shape index (κ1) is 18.5. The van der Waals surface area contributed by atoms with Crippen LogP contribution >= 0.6 is 0 Å². The maximum absolute atomic E-state index is 6.03. The molecule has 0 unspecified atom stereocenters. The SMILES string of the molecule is c1cc(-c2ccc3oc4ccccc4c3c2)cc(-n2c3ccccc3n3c4ccncc4nc23)c1. The first-order chi connectivity index (χ1) is 17.3. The number of para-hydroxylation sites is 3. The van der Waals surface area contributed by atoms with E-state index in [0.717, 1.165) is 66.6 Å². The van der Waals surface area contributed by atoms with Crippen molar-refractivity contribution in [2.24, 2.45) is 0 Å². The quantitative estimate of drug-likeness (QED) is 0.276. The van der Waals surface area contributed by atoms with Crippen molar-refractivity contribution in [1.29, 1.82) is 0 Å². The van der Waals surface area contributed by atoms with Crippen LogP contribution in [0.25, 0.3) is 66.6 Å². The van der Waals surface area contributed by atoms with Gasteiger partial charge in [0.15, 0.2) is 0 Å². The van der Waals surface area contributed by atoms with E-state index < -0.39 is 0 Å². The molecule has 4 heterocycles. The Hall–Kier alpha value is -4.90. The molecule has 0 atom stereocenters. The van der Waals surface area contributed by atoms with E-state index in [2.05, 4.69) is 92.8 Å². The van der Waals surface area contributed by atoms with E-state index in [1.165, 1.54) is 0 Å². The maximum atomic E-state index is 6.03. The summed E-state index contributed by atoms with van der Waals surface area (Å²) in [5.41, 5.74) is 9.34. The molecule has 0 aliphatic carbocycles. The zero-order valence-corrected chi connectivity index (χ0v) is 18.6. The Balaban J connectivity index is 1.38. The number of imidazole rings is 2. The zero-order valence-electron chi connectivity index (χ0n) is 18.6. The molecule has 0 saturated carbocycles. The number of rotatable bonds is 2. The Morgan fingerprint density at radius 3 is 2.43 bits per heavy atom. The van der Waals surface area contributed by atoms with Gasteiger partial charge in [-0.25, -0.2) is 4.98 Å². The van der Waals surface area contributed by atoms with E-state index in [4.69, 9.17) is 9.40 Å². The zero-order chi connectivity index (χ0) is 22.9. The molecular formula is C30H18N4O. The van der Waals surface area contributed by atoms with Crippen LogP contribution in [0.3, 0.4) is 0 Å². The third-order valence-electron chi connectivity index (χ3n) is 6.82. The van der Waals surface area contributed by atoms with E-state index >= 15 is 0 Å².